The lowest BCUT2D eigenvalue weighted by Crippen LogP contribution is -2.54. The number of nitriles is 1. The Hall–Kier alpha value is -6.33. The van der Waals surface area contributed by atoms with Gasteiger partial charge in [0.25, 0.3) is 5.56 Å². The maximum Gasteiger partial charge on any atom is 0.317 e. The van der Waals surface area contributed by atoms with Crippen molar-refractivity contribution >= 4 is 56.0 Å². The van der Waals surface area contributed by atoms with Crippen LogP contribution in [0.1, 0.15) is 69.9 Å². The molecule has 1 saturated carbocycles. The number of ether oxygens (including phenoxy) is 1. The molecule has 17 nitrogen and oxygen atoms in total. The molecule has 1 spiro atoms. The van der Waals surface area contributed by atoms with Crippen LogP contribution in [-0.2, 0) is 19.8 Å². The number of likely N-dealkylation sites (tertiary alicyclic amines) is 1. The van der Waals surface area contributed by atoms with Gasteiger partial charge in [-0.15, -0.1) is 0 Å². The molecule has 3 aliphatic heterocycles. The molecule has 20 heteroatoms. The van der Waals surface area contributed by atoms with Crippen LogP contribution in [0.3, 0.4) is 0 Å². The molecule has 4 aliphatic rings. The molecular weight excluding hydrogens is 839 g/mol. The van der Waals surface area contributed by atoms with E-state index in [4.69, 9.17) is 4.74 Å². The number of fused-ring (bicyclic) bond motifs is 1. The van der Waals surface area contributed by atoms with Gasteiger partial charge in [0.15, 0.2) is 11.6 Å². The molecule has 63 heavy (non-hydrogen) atoms. The lowest BCUT2D eigenvalue weighted by molar-refractivity contribution is -0.133. The number of imide groups is 1. The number of hydrogen-bond acceptors (Lipinski definition) is 11. The third kappa shape index (κ3) is 8.97. The van der Waals surface area contributed by atoms with E-state index in [1.807, 2.05) is 15.9 Å². The van der Waals surface area contributed by atoms with Gasteiger partial charge in [0, 0.05) is 64.0 Å². The molecule has 3 saturated heterocycles. The van der Waals surface area contributed by atoms with Gasteiger partial charge in [-0.1, -0.05) is 6.92 Å². The summed E-state index contributed by atoms with van der Waals surface area (Å²) >= 11 is 0. The number of hydrogen-bond donors (Lipinski definition) is 4. The van der Waals surface area contributed by atoms with E-state index in [9.17, 15) is 32.9 Å². The minimum atomic E-state index is -4.02. The van der Waals surface area contributed by atoms with Gasteiger partial charge in [0.05, 0.1) is 28.6 Å². The van der Waals surface area contributed by atoms with Gasteiger partial charge in [-0.3, -0.25) is 29.0 Å². The second-order valence-electron chi connectivity index (χ2n) is 16.7. The van der Waals surface area contributed by atoms with Gasteiger partial charge < -0.3 is 25.2 Å². The highest BCUT2D eigenvalue weighted by Gasteiger charge is 2.47. The molecule has 1 unspecified atom stereocenters. The summed E-state index contributed by atoms with van der Waals surface area (Å²) in [5.41, 5.74) is 0.451. The SMILES string of the molecule is CCN(C)S(=O)(=O)Nc1ccc(F)c(Oc2ccc3ncn(C4CC5(CCN(C(=O)NC6CCN(c7ccc(NC8CCC(=O)NC8=O)cc7F)CC6)CC5)C4)c(=O)c3c2)c1C#N. The fourth-order valence-corrected chi connectivity index (χ4v) is 9.89. The zero-order valence-corrected chi connectivity index (χ0v) is 35.6. The van der Waals surface area contributed by atoms with Crippen LogP contribution in [-0.4, -0.2) is 96.9 Å². The Morgan fingerprint density at radius 1 is 1.02 bits per heavy atom. The van der Waals surface area contributed by atoms with Crippen LogP contribution < -0.4 is 35.9 Å². The number of aromatic nitrogens is 2. The third-order valence-corrected chi connectivity index (χ3v) is 14.4. The van der Waals surface area contributed by atoms with Crippen molar-refractivity contribution < 1.29 is 36.3 Å². The summed E-state index contributed by atoms with van der Waals surface area (Å²) in [6.07, 6.45) is 6.43. The van der Waals surface area contributed by atoms with E-state index in [1.54, 1.807) is 29.7 Å². The number of nitrogens with one attached hydrogen (secondary N) is 4. The molecule has 332 valence electrons. The normalized spacial score (nSPS) is 19.4. The molecule has 1 atom stereocenters. The fourth-order valence-electron chi connectivity index (χ4n) is 8.94. The first-order valence-corrected chi connectivity index (χ1v) is 22.5. The molecule has 8 rings (SSSR count). The summed E-state index contributed by atoms with van der Waals surface area (Å²) in [6.45, 7) is 4.06. The number of carbonyl (C=O) groups excluding carboxylic acids is 3. The van der Waals surface area contributed by atoms with Crippen molar-refractivity contribution in [3.05, 3.63) is 82.4 Å². The lowest BCUT2D eigenvalue weighted by atomic mass is 9.60. The zero-order valence-electron chi connectivity index (χ0n) is 34.8. The van der Waals surface area contributed by atoms with E-state index in [0.29, 0.717) is 62.3 Å². The van der Waals surface area contributed by atoms with Gasteiger partial charge in [-0.2, -0.15) is 18.0 Å². The molecule has 3 aromatic carbocycles. The van der Waals surface area contributed by atoms with Crippen LogP contribution in [0.4, 0.5) is 30.6 Å². The van der Waals surface area contributed by atoms with E-state index < -0.39 is 39.5 Å². The minimum Gasteiger partial charge on any atom is -0.453 e. The molecule has 4 heterocycles. The number of urea groups is 1. The summed E-state index contributed by atoms with van der Waals surface area (Å²) < 4.78 is 66.3. The van der Waals surface area contributed by atoms with Crippen molar-refractivity contribution in [1.29, 1.82) is 5.26 Å². The van der Waals surface area contributed by atoms with Crippen molar-refractivity contribution in [2.24, 2.45) is 5.41 Å². The number of nitrogens with zero attached hydrogens (tertiary/aromatic N) is 6. The predicted molar refractivity (Wildman–Crippen MR) is 230 cm³/mol. The number of rotatable bonds is 11. The van der Waals surface area contributed by atoms with E-state index in [1.165, 1.54) is 31.6 Å². The number of amides is 4. The molecular formula is C43H48F2N10O7S. The van der Waals surface area contributed by atoms with Crippen LogP contribution in [0.5, 0.6) is 11.5 Å². The average molecular weight is 887 g/mol. The van der Waals surface area contributed by atoms with Crippen molar-refractivity contribution in [3.63, 3.8) is 0 Å². The van der Waals surface area contributed by atoms with Crippen molar-refractivity contribution in [3.8, 4) is 17.6 Å². The van der Waals surface area contributed by atoms with Crippen LogP contribution >= 0.6 is 0 Å². The van der Waals surface area contributed by atoms with Crippen LogP contribution in [0, 0.1) is 28.4 Å². The summed E-state index contributed by atoms with van der Waals surface area (Å²) in [6, 6.07) is 12.3. The zero-order chi connectivity index (χ0) is 44.6. The first-order valence-electron chi connectivity index (χ1n) is 21.0. The quantitative estimate of drug-likeness (QED) is 0.148. The Morgan fingerprint density at radius 2 is 1.76 bits per heavy atom. The second-order valence-corrected chi connectivity index (χ2v) is 18.5. The van der Waals surface area contributed by atoms with Gasteiger partial charge in [0.2, 0.25) is 11.8 Å². The largest absolute Gasteiger partial charge is 0.453 e. The smallest absolute Gasteiger partial charge is 0.317 e. The Bertz CT molecular complexity index is 2670. The number of anilines is 3. The first-order chi connectivity index (χ1) is 30.2. The summed E-state index contributed by atoms with van der Waals surface area (Å²) in [5, 5.41) is 18.6. The highest BCUT2D eigenvalue weighted by atomic mass is 32.2. The van der Waals surface area contributed by atoms with Gasteiger partial charge in [-0.25, -0.2) is 18.6 Å². The lowest BCUT2D eigenvalue weighted by Gasteiger charge is -2.52. The maximum absolute atomic E-state index is 15.2. The monoisotopic (exact) mass is 886 g/mol. The Balaban J connectivity index is 0.832. The highest BCUT2D eigenvalue weighted by molar-refractivity contribution is 7.90. The molecule has 4 N–H and O–H groups in total. The standard InChI is InChI=1S/C43H48F2N10O7S/c1-3-52(2)63(60,61)51-35-8-6-32(44)39(31(35)24-46)62-29-5-7-34-30(21-29)41(58)55(25-47-34)28-22-43(23-28)14-18-54(19-15-43)42(59)49-26-12-16-53(17-13-26)37-10-4-27(20-33(37)45)48-36-9-11-38(56)50-40(36)57/h4-8,10,20-21,25-26,28,36,48,51H,3,9,11-19,22-23H2,1-2H3,(H,49,59)(H,50,56,57). The molecule has 4 aromatic rings. The van der Waals surface area contributed by atoms with Crippen LogP contribution in [0.15, 0.2) is 59.7 Å². The van der Waals surface area contributed by atoms with Crippen molar-refractivity contribution in [2.45, 2.75) is 76.4 Å². The van der Waals surface area contributed by atoms with E-state index in [2.05, 4.69) is 25.7 Å². The summed E-state index contributed by atoms with van der Waals surface area (Å²) in [4.78, 5) is 59.0. The Labute approximate surface area is 362 Å². The molecule has 1 aliphatic carbocycles. The third-order valence-electron chi connectivity index (χ3n) is 12.8. The van der Waals surface area contributed by atoms with Crippen molar-refractivity contribution in [2.75, 3.05) is 54.7 Å². The predicted octanol–water partition coefficient (Wildman–Crippen LogP) is 4.96. The Morgan fingerprint density at radius 3 is 2.44 bits per heavy atom. The molecule has 4 fully saturated rings. The summed E-state index contributed by atoms with van der Waals surface area (Å²) in [7, 11) is -2.67. The van der Waals surface area contributed by atoms with Crippen molar-refractivity contribution in [1.82, 2.24) is 29.4 Å². The van der Waals surface area contributed by atoms with E-state index in [0.717, 1.165) is 42.1 Å². The number of carbonyl (C=O) groups is 3. The first kappa shape index (κ1) is 43.3. The van der Waals surface area contributed by atoms with Crippen LogP contribution in [0.2, 0.25) is 0 Å². The average Bonchev–Trinajstić information content (AvgIpc) is 3.25. The van der Waals surface area contributed by atoms with Crippen LogP contribution in [0.25, 0.3) is 10.9 Å². The molecule has 4 amide bonds. The number of halogens is 2. The van der Waals surface area contributed by atoms with Gasteiger partial charge in [0.1, 0.15) is 29.2 Å². The molecule has 0 bridgehead atoms. The van der Waals surface area contributed by atoms with Gasteiger partial charge >= 0.3 is 16.2 Å². The Kier molecular flexibility index (Phi) is 12.0. The highest BCUT2D eigenvalue weighted by Crippen LogP contribution is 2.54. The maximum atomic E-state index is 15.2. The molecule has 0 radical (unpaired) electrons. The second kappa shape index (κ2) is 17.4. The van der Waals surface area contributed by atoms with Gasteiger partial charge in [-0.05, 0) is 98.9 Å². The molecule has 1 aromatic heterocycles. The summed E-state index contributed by atoms with van der Waals surface area (Å²) in [5.74, 6) is -2.49. The number of piperidine rings is 3. The topological polar surface area (TPSA) is 211 Å². The van der Waals surface area contributed by atoms with E-state index >= 15 is 8.78 Å². The fraction of sp³-hybridized carbons (Fsp3) is 0.442. The minimum absolute atomic E-state index is 0.0210. The number of benzene rings is 3. The van der Waals surface area contributed by atoms with E-state index in [-0.39, 0.29) is 70.3 Å².